The zero-order chi connectivity index (χ0) is 13.5. The maximum Gasteiger partial charge on any atom is 0.0900 e. The quantitative estimate of drug-likeness (QED) is 0.851. The molecule has 0 aliphatic carbocycles. The molecule has 0 bridgehead atoms. The lowest BCUT2D eigenvalue weighted by Crippen LogP contribution is -2.40. The molecule has 106 valence electrons. The van der Waals surface area contributed by atoms with E-state index in [1.165, 1.54) is 24.8 Å². The highest BCUT2D eigenvalue weighted by Crippen LogP contribution is 2.21. The van der Waals surface area contributed by atoms with Crippen LogP contribution in [0.1, 0.15) is 18.4 Å². The van der Waals surface area contributed by atoms with Crippen molar-refractivity contribution in [3.05, 3.63) is 35.9 Å². The Hall–Kier alpha value is -0.900. The van der Waals surface area contributed by atoms with E-state index in [2.05, 4.69) is 35.2 Å². The average Bonchev–Trinajstić information content (AvgIpc) is 2.42. The van der Waals surface area contributed by atoms with Crippen LogP contribution in [0.5, 0.6) is 0 Å². The highest BCUT2D eigenvalue weighted by molar-refractivity contribution is 5.15. The Balaban J connectivity index is 1.70. The Morgan fingerprint density at radius 1 is 1.26 bits per heavy atom. The number of hydrogen-bond donors (Lipinski definition) is 1. The molecule has 1 aromatic rings. The van der Waals surface area contributed by atoms with Crippen molar-refractivity contribution in [1.29, 1.82) is 0 Å². The van der Waals surface area contributed by atoms with Crippen molar-refractivity contribution in [2.45, 2.75) is 25.4 Å². The number of methoxy groups -OCH3 is 1. The second-order valence-corrected chi connectivity index (χ2v) is 5.54. The minimum Gasteiger partial charge on any atom is -0.389 e. The van der Waals surface area contributed by atoms with E-state index in [0.717, 1.165) is 25.6 Å². The fraction of sp³-hybridized carbons (Fsp3) is 0.625. The lowest BCUT2D eigenvalue weighted by atomic mass is 9.90. The van der Waals surface area contributed by atoms with Crippen LogP contribution in [0.3, 0.4) is 0 Å². The topological polar surface area (TPSA) is 32.7 Å². The van der Waals surface area contributed by atoms with Crippen LogP contribution in [0.25, 0.3) is 0 Å². The Morgan fingerprint density at radius 2 is 1.95 bits per heavy atom. The van der Waals surface area contributed by atoms with Gasteiger partial charge in [-0.2, -0.15) is 0 Å². The summed E-state index contributed by atoms with van der Waals surface area (Å²) >= 11 is 0. The van der Waals surface area contributed by atoms with Crippen LogP contribution >= 0.6 is 0 Å². The Bertz CT molecular complexity index is 347. The van der Waals surface area contributed by atoms with Crippen molar-refractivity contribution < 1.29 is 9.84 Å². The van der Waals surface area contributed by atoms with Crippen LogP contribution in [-0.2, 0) is 11.2 Å². The van der Waals surface area contributed by atoms with Gasteiger partial charge in [-0.25, -0.2) is 0 Å². The van der Waals surface area contributed by atoms with Gasteiger partial charge in [-0.1, -0.05) is 30.3 Å². The first-order valence-electron chi connectivity index (χ1n) is 7.21. The van der Waals surface area contributed by atoms with Gasteiger partial charge in [0.15, 0.2) is 0 Å². The summed E-state index contributed by atoms with van der Waals surface area (Å²) in [5.41, 5.74) is 1.44. The van der Waals surface area contributed by atoms with E-state index >= 15 is 0 Å². The third-order valence-corrected chi connectivity index (χ3v) is 3.90. The lowest BCUT2D eigenvalue weighted by molar-refractivity contribution is 0.0293. The van der Waals surface area contributed by atoms with Crippen molar-refractivity contribution in [1.82, 2.24) is 4.90 Å². The molecule has 19 heavy (non-hydrogen) atoms. The van der Waals surface area contributed by atoms with Gasteiger partial charge < -0.3 is 14.7 Å². The molecule has 1 aromatic carbocycles. The first-order chi connectivity index (χ1) is 9.28. The summed E-state index contributed by atoms with van der Waals surface area (Å²) in [4.78, 5) is 2.35. The predicted molar refractivity (Wildman–Crippen MR) is 77.2 cm³/mol. The summed E-state index contributed by atoms with van der Waals surface area (Å²) in [6, 6.07) is 10.7. The number of aliphatic hydroxyl groups excluding tert-OH is 1. The molecule has 1 fully saturated rings. The molecule has 0 radical (unpaired) electrons. The molecule has 1 saturated heterocycles. The van der Waals surface area contributed by atoms with E-state index in [9.17, 15) is 5.11 Å². The van der Waals surface area contributed by atoms with Gasteiger partial charge in [-0.15, -0.1) is 0 Å². The molecule has 3 nitrogen and oxygen atoms in total. The maximum absolute atomic E-state index is 9.74. The van der Waals surface area contributed by atoms with Crippen molar-refractivity contribution in [2.24, 2.45) is 5.92 Å². The maximum atomic E-state index is 9.74. The van der Waals surface area contributed by atoms with Crippen LogP contribution in [0, 0.1) is 5.92 Å². The van der Waals surface area contributed by atoms with E-state index in [0.29, 0.717) is 6.61 Å². The first kappa shape index (κ1) is 14.5. The molecule has 1 N–H and O–H groups in total. The Morgan fingerprint density at radius 3 is 2.58 bits per heavy atom. The normalized spacial score (nSPS) is 19.5. The van der Waals surface area contributed by atoms with Crippen LogP contribution in [0.4, 0.5) is 0 Å². The molecular weight excluding hydrogens is 238 g/mol. The summed E-state index contributed by atoms with van der Waals surface area (Å²) in [7, 11) is 1.63. The van der Waals surface area contributed by atoms with Crippen molar-refractivity contribution in [3.63, 3.8) is 0 Å². The summed E-state index contributed by atoms with van der Waals surface area (Å²) in [6.45, 7) is 3.37. The highest BCUT2D eigenvalue weighted by atomic mass is 16.5. The fourth-order valence-corrected chi connectivity index (χ4v) is 2.86. The van der Waals surface area contributed by atoms with Gasteiger partial charge in [0, 0.05) is 13.7 Å². The largest absolute Gasteiger partial charge is 0.389 e. The number of hydrogen-bond acceptors (Lipinski definition) is 3. The number of ether oxygens (including phenoxy) is 1. The molecule has 0 spiro atoms. The average molecular weight is 263 g/mol. The Kier molecular flexibility index (Phi) is 5.83. The number of nitrogens with zero attached hydrogens (tertiary/aromatic N) is 1. The zero-order valence-corrected chi connectivity index (χ0v) is 11.8. The van der Waals surface area contributed by atoms with Gasteiger partial charge in [0.05, 0.1) is 12.7 Å². The monoisotopic (exact) mass is 263 g/mol. The highest BCUT2D eigenvalue weighted by Gasteiger charge is 2.21. The van der Waals surface area contributed by atoms with Crippen LogP contribution < -0.4 is 0 Å². The fourth-order valence-electron chi connectivity index (χ4n) is 2.86. The summed E-state index contributed by atoms with van der Waals surface area (Å²) in [5.74, 6) is 0.790. The second-order valence-electron chi connectivity index (χ2n) is 5.54. The number of likely N-dealkylation sites (tertiary alicyclic amines) is 1. The lowest BCUT2D eigenvalue weighted by Gasteiger charge is -2.33. The van der Waals surface area contributed by atoms with Crippen molar-refractivity contribution >= 4 is 0 Å². The minimum absolute atomic E-state index is 0.351. The van der Waals surface area contributed by atoms with Crippen molar-refractivity contribution in [3.8, 4) is 0 Å². The van der Waals surface area contributed by atoms with Gasteiger partial charge in [-0.3, -0.25) is 0 Å². The number of rotatable bonds is 6. The molecule has 1 aliphatic rings. The van der Waals surface area contributed by atoms with E-state index < -0.39 is 0 Å². The zero-order valence-electron chi connectivity index (χ0n) is 11.8. The molecule has 0 saturated carbocycles. The van der Waals surface area contributed by atoms with E-state index in [4.69, 9.17) is 4.74 Å². The minimum atomic E-state index is -0.351. The third kappa shape index (κ3) is 4.94. The summed E-state index contributed by atoms with van der Waals surface area (Å²) in [5, 5.41) is 9.74. The number of benzene rings is 1. The van der Waals surface area contributed by atoms with Crippen LogP contribution in [0.2, 0.25) is 0 Å². The van der Waals surface area contributed by atoms with E-state index in [1.54, 1.807) is 7.11 Å². The van der Waals surface area contributed by atoms with Gasteiger partial charge in [0.25, 0.3) is 0 Å². The van der Waals surface area contributed by atoms with Gasteiger partial charge in [0.1, 0.15) is 0 Å². The molecule has 0 amide bonds. The molecule has 1 unspecified atom stereocenters. The van der Waals surface area contributed by atoms with Gasteiger partial charge >= 0.3 is 0 Å². The molecular formula is C16H25NO2. The van der Waals surface area contributed by atoms with E-state index in [1.807, 2.05) is 0 Å². The molecule has 1 aliphatic heterocycles. The van der Waals surface area contributed by atoms with Crippen LogP contribution in [-0.4, -0.2) is 49.5 Å². The first-order valence-corrected chi connectivity index (χ1v) is 7.21. The summed E-state index contributed by atoms with van der Waals surface area (Å²) in [6.07, 6.45) is 3.30. The van der Waals surface area contributed by atoms with Gasteiger partial charge in [0.2, 0.25) is 0 Å². The third-order valence-electron chi connectivity index (χ3n) is 3.90. The molecule has 1 atom stereocenters. The molecule has 1 heterocycles. The van der Waals surface area contributed by atoms with Crippen molar-refractivity contribution in [2.75, 3.05) is 33.4 Å². The summed E-state index contributed by atoms with van der Waals surface area (Å²) < 4.78 is 4.97. The van der Waals surface area contributed by atoms with E-state index in [-0.39, 0.29) is 6.10 Å². The predicted octanol–water partition coefficient (Wildman–Crippen LogP) is 1.95. The molecule has 0 aromatic heterocycles. The number of piperidine rings is 1. The SMILES string of the molecule is COCC(O)CN1CCC(Cc2ccccc2)CC1. The van der Waals surface area contributed by atoms with Crippen LogP contribution in [0.15, 0.2) is 30.3 Å². The number of β-amino-alcohol motifs (C(OH)–C–C–N with tert-alkyl or cyclic N) is 1. The second kappa shape index (κ2) is 7.63. The van der Waals surface area contributed by atoms with Gasteiger partial charge in [-0.05, 0) is 43.8 Å². The Labute approximate surface area is 116 Å². The molecule has 3 heteroatoms. The standard InChI is InChI=1S/C16H25NO2/c1-19-13-16(18)12-17-9-7-15(8-10-17)11-14-5-3-2-4-6-14/h2-6,15-16,18H,7-13H2,1H3. The smallest absolute Gasteiger partial charge is 0.0900 e. The number of aliphatic hydroxyl groups is 1. The molecule has 2 rings (SSSR count).